The van der Waals surface area contributed by atoms with E-state index < -0.39 is 11.6 Å². The highest BCUT2D eigenvalue weighted by atomic mass is 19.1. The Morgan fingerprint density at radius 2 is 1.77 bits per heavy atom. The average Bonchev–Trinajstić information content (AvgIpc) is 3.10. The maximum absolute atomic E-state index is 14.3. The number of likely N-dealkylation sites (tertiary alicyclic amines) is 1. The van der Waals surface area contributed by atoms with Crippen molar-refractivity contribution in [1.82, 2.24) is 15.1 Å². The molecule has 0 aromatic heterocycles. The van der Waals surface area contributed by atoms with Gasteiger partial charge in [-0.3, -0.25) is 14.6 Å². The quantitative estimate of drug-likeness (QED) is 0.550. The number of imide groups is 1. The van der Waals surface area contributed by atoms with E-state index in [1.54, 1.807) is 31.4 Å². The standard InChI is InChI=1S/C26H31F2N3O4/c1-34-14-13-31-24(32)26(29-25(31)33,16-18-3-5-21(27)6-4-18)20-9-11-30(12-10-20)17-19-15-22(35-2)7-8-23(19)28/h3-8,15,20H,9-14,16-17H2,1-2H3,(H,29,33). The molecule has 1 unspecified atom stereocenters. The highest BCUT2D eigenvalue weighted by Crippen LogP contribution is 2.37. The molecule has 2 aliphatic rings. The van der Waals surface area contributed by atoms with Gasteiger partial charge < -0.3 is 14.8 Å². The number of nitrogens with one attached hydrogen (secondary N) is 1. The summed E-state index contributed by atoms with van der Waals surface area (Å²) in [5, 5.41) is 2.99. The summed E-state index contributed by atoms with van der Waals surface area (Å²) in [6.07, 6.45) is 1.57. The predicted octanol–water partition coefficient (Wildman–Crippen LogP) is 3.37. The van der Waals surface area contributed by atoms with Gasteiger partial charge in [-0.15, -0.1) is 0 Å². The van der Waals surface area contributed by atoms with Crippen molar-refractivity contribution in [1.29, 1.82) is 0 Å². The fourth-order valence-corrected chi connectivity index (χ4v) is 5.12. The first kappa shape index (κ1) is 25.1. The van der Waals surface area contributed by atoms with E-state index in [-0.39, 0.29) is 43.0 Å². The first-order valence-corrected chi connectivity index (χ1v) is 11.8. The molecule has 1 N–H and O–H groups in total. The second-order valence-electron chi connectivity index (χ2n) is 9.16. The summed E-state index contributed by atoms with van der Waals surface area (Å²) in [5.41, 5.74) is 0.213. The van der Waals surface area contributed by atoms with Gasteiger partial charge >= 0.3 is 6.03 Å². The Morgan fingerprint density at radius 1 is 1.06 bits per heavy atom. The summed E-state index contributed by atoms with van der Waals surface area (Å²) in [5.74, 6) is -0.439. The monoisotopic (exact) mass is 487 g/mol. The molecule has 0 saturated carbocycles. The van der Waals surface area contributed by atoms with E-state index in [0.717, 1.165) is 5.56 Å². The Hall–Kier alpha value is -3.04. The van der Waals surface area contributed by atoms with Crippen LogP contribution in [0.25, 0.3) is 0 Å². The zero-order valence-electron chi connectivity index (χ0n) is 20.1. The molecule has 2 aliphatic heterocycles. The summed E-state index contributed by atoms with van der Waals surface area (Å²) >= 11 is 0. The van der Waals surface area contributed by atoms with E-state index in [2.05, 4.69) is 10.2 Å². The second kappa shape index (κ2) is 10.7. The number of piperidine rings is 1. The average molecular weight is 488 g/mol. The maximum Gasteiger partial charge on any atom is 0.325 e. The van der Waals surface area contributed by atoms with Gasteiger partial charge in [-0.1, -0.05) is 12.1 Å². The van der Waals surface area contributed by atoms with Crippen LogP contribution >= 0.6 is 0 Å². The molecule has 35 heavy (non-hydrogen) atoms. The van der Waals surface area contributed by atoms with Gasteiger partial charge in [-0.05, 0) is 67.7 Å². The van der Waals surface area contributed by atoms with Gasteiger partial charge in [-0.2, -0.15) is 0 Å². The van der Waals surface area contributed by atoms with E-state index in [1.807, 2.05) is 0 Å². The van der Waals surface area contributed by atoms with Crippen LogP contribution in [0.3, 0.4) is 0 Å². The Balaban J connectivity index is 1.52. The number of benzene rings is 2. The molecule has 9 heteroatoms. The van der Waals surface area contributed by atoms with Crippen molar-refractivity contribution in [2.75, 3.05) is 40.5 Å². The maximum atomic E-state index is 14.3. The van der Waals surface area contributed by atoms with E-state index in [9.17, 15) is 18.4 Å². The van der Waals surface area contributed by atoms with E-state index in [4.69, 9.17) is 9.47 Å². The van der Waals surface area contributed by atoms with Crippen molar-refractivity contribution < 1.29 is 27.8 Å². The van der Waals surface area contributed by atoms with Crippen LogP contribution in [0.15, 0.2) is 42.5 Å². The smallest absolute Gasteiger partial charge is 0.325 e. The van der Waals surface area contributed by atoms with Crippen molar-refractivity contribution in [3.63, 3.8) is 0 Å². The Kier molecular flexibility index (Phi) is 7.66. The first-order chi connectivity index (χ1) is 16.9. The number of hydrogen-bond acceptors (Lipinski definition) is 5. The summed E-state index contributed by atoms with van der Waals surface area (Å²) < 4.78 is 38.1. The molecule has 7 nitrogen and oxygen atoms in total. The van der Waals surface area contributed by atoms with Gasteiger partial charge in [0.25, 0.3) is 5.91 Å². The molecule has 2 fully saturated rings. The fraction of sp³-hybridized carbons (Fsp3) is 0.462. The zero-order valence-corrected chi connectivity index (χ0v) is 20.1. The van der Waals surface area contributed by atoms with Crippen molar-refractivity contribution >= 4 is 11.9 Å². The van der Waals surface area contributed by atoms with Crippen molar-refractivity contribution in [2.24, 2.45) is 5.92 Å². The lowest BCUT2D eigenvalue weighted by Gasteiger charge is -2.41. The lowest BCUT2D eigenvalue weighted by molar-refractivity contribution is -0.134. The molecule has 0 bridgehead atoms. The van der Waals surface area contributed by atoms with Gasteiger partial charge in [0, 0.05) is 25.6 Å². The zero-order chi connectivity index (χ0) is 25.0. The van der Waals surface area contributed by atoms with Crippen LogP contribution in [0.5, 0.6) is 5.75 Å². The molecule has 0 spiro atoms. The molecule has 1 atom stereocenters. The number of urea groups is 1. The molecule has 2 aromatic carbocycles. The Labute approximate surface area is 204 Å². The van der Waals surface area contributed by atoms with E-state index in [1.165, 1.54) is 30.2 Å². The molecule has 2 heterocycles. The number of halogens is 2. The molecule has 2 aromatic rings. The molecular weight excluding hydrogens is 456 g/mol. The number of ether oxygens (including phenoxy) is 2. The van der Waals surface area contributed by atoms with Crippen LogP contribution in [0, 0.1) is 17.6 Å². The van der Waals surface area contributed by atoms with Crippen LogP contribution in [0.2, 0.25) is 0 Å². The van der Waals surface area contributed by atoms with Crippen LogP contribution in [0.4, 0.5) is 13.6 Å². The number of rotatable bonds is 9. The molecule has 3 amide bonds. The van der Waals surface area contributed by atoms with Crippen molar-refractivity contribution in [3.8, 4) is 5.75 Å². The highest BCUT2D eigenvalue weighted by Gasteiger charge is 2.55. The lowest BCUT2D eigenvalue weighted by atomic mass is 9.74. The minimum atomic E-state index is -1.12. The van der Waals surface area contributed by atoms with Gasteiger partial charge in [0.05, 0.1) is 20.3 Å². The van der Waals surface area contributed by atoms with Gasteiger partial charge in [0.2, 0.25) is 0 Å². The third-order valence-corrected chi connectivity index (χ3v) is 7.05. The summed E-state index contributed by atoms with van der Waals surface area (Å²) in [7, 11) is 3.07. The molecule has 188 valence electrons. The van der Waals surface area contributed by atoms with E-state index >= 15 is 0 Å². The minimum absolute atomic E-state index is 0.122. The molecular formula is C26H31F2N3O4. The molecule has 4 rings (SSSR count). The Morgan fingerprint density at radius 3 is 2.43 bits per heavy atom. The fourth-order valence-electron chi connectivity index (χ4n) is 5.12. The van der Waals surface area contributed by atoms with Gasteiger partial charge in [0.15, 0.2) is 0 Å². The van der Waals surface area contributed by atoms with Crippen LogP contribution in [0.1, 0.15) is 24.0 Å². The molecule has 0 aliphatic carbocycles. The SMILES string of the molecule is COCCN1C(=O)NC(Cc2ccc(F)cc2)(C2CCN(Cc3cc(OC)ccc3F)CC2)C1=O. The number of nitrogens with zero attached hydrogens (tertiary/aromatic N) is 2. The van der Waals surface area contributed by atoms with Crippen LogP contribution in [-0.2, 0) is 22.5 Å². The topological polar surface area (TPSA) is 71.1 Å². The number of carbonyl (C=O) groups excluding carboxylic acids is 2. The Bertz CT molecular complexity index is 1060. The highest BCUT2D eigenvalue weighted by molar-refractivity contribution is 6.07. The van der Waals surface area contributed by atoms with Gasteiger partial charge in [0.1, 0.15) is 22.9 Å². The normalized spacial score (nSPS) is 21.4. The van der Waals surface area contributed by atoms with Crippen molar-refractivity contribution in [2.45, 2.75) is 31.3 Å². The van der Waals surface area contributed by atoms with Gasteiger partial charge in [-0.25, -0.2) is 13.6 Å². The molecule has 0 radical (unpaired) electrons. The number of methoxy groups -OCH3 is 2. The number of carbonyl (C=O) groups is 2. The number of amides is 3. The second-order valence-corrected chi connectivity index (χ2v) is 9.16. The summed E-state index contributed by atoms with van der Waals surface area (Å²) in [6, 6.07) is 10.3. The largest absolute Gasteiger partial charge is 0.497 e. The number of hydrogen-bond donors (Lipinski definition) is 1. The summed E-state index contributed by atoms with van der Waals surface area (Å²) in [4.78, 5) is 29.8. The van der Waals surface area contributed by atoms with Crippen LogP contribution < -0.4 is 10.1 Å². The van der Waals surface area contributed by atoms with Crippen molar-refractivity contribution in [3.05, 3.63) is 65.2 Å². The third-order valence-electron chi connectivity index (χ3n) is 7.05. The minimum Gasteiger partial charge on any atom is -0.497 e. The lowest BCUT2D eigenvalue weighted by Crippen LogP contribution is -2.57. The van der Waals surface area contributed by atoms with Crippen LogP contribution in [-0.4, -0.2) is 67.7 Å². The van der Waals surface area contributed by atoms with E-state index in [0.29, 0.717) is 43.8 Å². The predicted molar refractivity (Wildman–Crippen MR) is 126 cm³/mol. The first-order valence-electron chi connectivity index (χ1n) is 11.8. The molecule has 2 saturated heterocycles. The third kappa shape index (κ3) is 5.31. The summed E-state index contributed by atoms with van der Waals surface area (Å²) in [6.45, 7) is 2.14.